The monoisotopic (exact) mass is 483 g/mol. The summed E-state index contributed by atoms with van der Waals surface area (Å²) in [4.78, 5) is 17.6. The van der Waals surface area contributed by atoms with Gasteiger partial charge in [-0.15, -0.1) is 11.3 Å². The Hall–Kier alpha value is -3.51. The van der Waals surface area contributed by atoms with Gasteiger partial charge < -0.3 is 19.5 Å². The number of aromatic nitrogens is 1. The van der Waals surface area contributed by atoms with E-state index in [2.05, 4.69) is 40.3 Å². The number of amides is 2. The predicted octanol–water partition coefficient (Wildman–Crippen LogP) is 6.87. The zero-order chi connectivity index (χ0) is 23.9. The zero-order valence-electron chi connectivity index (χ0n) is 20.1. The van der Waals surface area contributed by atoms with E-state index in [-0.39, 0.29) is 12.1 Å². The van der Waals surface area contributed by atoms with Crippen molar-refractivity contribution in [3.63, 3.8) is 0 Å². The van der Waals surface area contributed by atoms with Crippen molar-refractivity contribution in [3.8, 4) is 10.8 Å². The summed E-state index contributed by atoms with van der Waals surface area (Å²) in [5.41, 5.74) is 6.72. The van der Waals surface area contributed by atoms with Crippen LogP contribution in [0.1, 0.15) is 51.7 Å². The fourth-order valence-corrected chi connectivity index (χ4v) is 6.88. The summed E-state index contributed by atoms with van der Waals surface area (Å²) < 4.78 is 7.87. The third-order valence-corrected chi connectivity index (χ3v) is 8.49. The maximum absolute atomic E-state index is 14.1. The van der Waals surface area contributed by atoms with E-state index in [9.17, 15) is 4.79 Å². The summed E-state index contributed by atoms with van der Waals surface area (Å²) in [5.74, 6) is 0.659. The van der Waals surface area contributed by atoms with Crippen molar-refractivity contribution in [1.82, 2.24) is 9.47 Å². The van der Waals surface area contributed by atoms with Gasteiger partial charge in [-0.05, 0) is 73.6 Å². The highest BCUT2D eigenvalue weighted by Gasteiger charge is 2.36. The fraction of sp³-hybridized carbons (Fsp3) is 0.276. The average molecular weight is 484 g/mol. The van der Waals surface area contributed by atoms with Crippen molar-refractivity contribution in [2.45, 2.75) is 45.2 Å². The van der Waals surface area contributed by atoms with Crippen molar-refractivity contribution in [3.05, 3.63) is 99.7 Å². The summed E-state index contributed by atoms with van der Waals surface area (Å²) >= 11 is 1.91. The van der Waals surface area contributed by atoms with E-state index in [1.165, 1.54) is 33.8 Å². The van der Waals surface area contributed by atoms with Gasteiger partial charge in [-0.25, -0.2) is 4.79 Å². The molecule has 35 heavy (non-hydrogen) atoms. The molecular weight excluding hydrogens is 454 g/mol. The number of hydrogen-bond donors (Lipinski definition) is 1. The average Bonchev–Trinajstić information content (AvgIpc) is 3.46. The standard InChI is InChI=1S/C29H29N3O2S/c1-19-14-15-25(34-2)23(17-19)30-29(33)32-18-22-21-11-6-7-13-26(21)35-28(22)31-16-8-12-24(31)27(32)20-9-4-3-5-10-20/h3-5,8-10,12,14-17,27H,6-7,11,13,18H2,1-2H3,(H,30,33)/t27-/m0/s1. The van der Waals surface area contributed by atoms with Crippen LogP contribution in [0.2, 0.25) is 0 Å². The van der Waals surface area contributed by atoms with Crippen LogP contribution in [-0.4, -0.2) is 22.6 Å². The lowest BCUT2D eigenvalue weighted by Gasteiger charge is -2.31. The number of nitrogens with one attached hydrogen (secondary N) is 1. The topological polar surface area (TPSA) is 46.5 Å². The summed E-state index contributed by atoms with van der Waals surface area (Å²) in [6, 6.07) is 20.1. The number of hydrogen-bond acceptors (Lipinski definition) is 3. The number of carbonyl (C=O) groups excluding carboxylic acids is 1. The smallest absolute Gasteiger partial charge is 0.323 e. The van der Waals surface area contributed by atoms with Crippen LogP contribution in [0.4, 0.5) is 10.5 Å². The quantitative estimate of drug-likeness (QED) is 0.346. The molecule has 178 valence electrons. The second-order valence-electron chi connectivity index (χ2n) is 9.37. The van der Waals surface area contributed by atoms with Crippen LogP contribution in [0.15, 0.2) is 66.9 Å². The molecule has 1 aliphatic carbocycles. The Morgan fingerprint density at radius 1 is 1.03 bits per heavy atom. The Morgan fingerprint density at radius 3 is 2.69 bits per heavy atom. The molecule has 0 unspecified atom stereocenters. The minimum absolute atomic E-state index is 0.126. The number of urea groups is 1. The molecule has 6 rings (SSSR count). The number of nitrogens with zero attached hydrogens (tertiary/aromatic N) is 2. The number of thiophene rings is 1. The van der Waals surface area contributed by atoms with E-state index >= 15 is 0 Å². The van der Waals surface area contributed by atoms with Gasteiger partial charge in [0, 0.05) is 16.6 Å². The second-order valence-corrected chi connectivity index (χ2v) is 10.5. The number of anilines is 1. The minimum atomic E-state index is -0.208. The summed E-state index contributed by atoms with van der Waals surface area (Å²) in [6.45, 7) is 2.59. The molecule has 5 nitrogen and oxygen atoms in total. The fourth-order valence-electron chi connectivity index (χ4n) is 5.48. The Bertz CT molecular complexity index is 1390. The van der Waals surface area contributed by atoms with Crippen molar-refractivity contribution < 1.29 is 9.53 Å². The van der Waals surface area contributed by atoms with Crippen LogP contribution < -0.4 is 10.1 Å². The molecule has 0 fully saturated rings. The molecule has 2 aromatic heterocycles. The molecule has 3 heterocycles. The first-order chi connectivity index (χ1) is 17.1. The van der Waals surface area contributed by atoms with Crippen LogP contribution >= 0.6 is 11.3 Å². The highest BCUT2D eigenvalue weighted by molar-refractivity contribution is 7.15. The molecule has 0 bridgehead atoms. The van der Waals surface area contributed by atoms with Crippen molar-refractivity contribution >= 4 is 23.1 Å². The number of benzene rings is 2. The normalized spacial score (nSPS) is 16.6. The largest absolute Gasteiger partial charge is 0.495 e. The summed E-state index contributed by atoms with van der Waals surface area (Å²) in [7, 11) is 1.63. The molecule has 0 spiro atoms. The molecule has 6 heteroatoms. The Labute approximate surface area is 210 Å². The van der Waals surface area contributed by atoms with Gasteiger partial charge in [-0.2, -0.15) is 0 Å². The van der Waals surface area contributed by atoms with Crippen LogP contribution in [-0.2, 0) is 19.4 Å². The highest BCUT2D eigenvalue weighted by Crippen LogP contribution is 2.44. The van der Waals surface area contributed by atoms with Crippen molar-refractivity contribution in [2.24, 2.45) is 0 Å². The Morgan fingerprint density at radius 2 is 1.86 bits per heavy atom. The van der Waals surface area contributed by atoms with Gasteiger partial charge in [0.25, 0.3) is 0 Å². The van der Waals surface area contributed by atoms with Gasteiger partial charge in [0.1, 0.15) is 10.8 Å². The SMILES string of the molecule is COc1ccc(C)cc1NC(=O)N1Cc2c(sc3c2CCCC3)-n2cccc2[C@@H]1c1ccccc1. The third kappa shape index (κ3) is 3.82. The zero-order valence-corrected chi connectivity index (χ0v) is 20.9. The molecule has 2 aromatic carbocycles. The maximum Gasteiger partial charge on any atom is 0.323 e. The van der Waals surface area contributed by atoms with Crippen molar-refractivity contribution in [1.29, 1.82) is 0 Å². The first-order valence-corrected chi connectivity index (χ1v) is 13.0. The van der Waals surface area contributed by atoms with Crippen LogP contribution in [0.3, 0.4) is 0 Å². The molecule has 1 aliphatic heterocycles. The van der Waals surface area contributed by atoms with E-state index in [1.807, 2.05) is 59.6 Å². The second kappa shape index (κ2) is 8.93. The van der Waals surface area contributed by atoms with Crippen LogP contribution in [0, 0.1) is 6.92 Å². The first-order valence-electron chi connectivity index (χ1n) is 12.2. The molecule has 0 saturated carbocycles. The molecular formula is C29H29N3O2S. The third-order valence-electron chi connectivity index (χ3n) is 7.15. The van der Waals surface area contributed by atoms with Crippen LogP contribution in [0.5, 0.6) is 5.75 Å². The number of carbonyl (C=O) groups is 1. The number of ether oxygens (including phenoxy) is 1. The molecule has 0 radical (unpaired) electrons. The van der Waals surface area contributed by atoms with Gasteiger partial charge in [0.2, 0.25) is 0 Å². The number of rotatable bonds is 3. The lowest BCUT2D eigenvalue weighted by Crippen LogP contribution is -2.38. The maximum atomic E-state index is 14.1. The minimum Gasteiger partial charge on any atom is -0.495 e. The van der Waals surface area contributed by atoms with Gasteiger partial charge in [-0.1, -0.05) is 36.4 Å². The first kappa shape index (κ1) is 22.0. The molecule has 1 atom stereocenters. The Kier molecular flexibility index (Phi) is 5.61. The van der Waals surface area contributed by atoms with Gasteiger partial charge >= 0.3 is 6.03 Å². The van der Waals surface area contributed by atoms with E-state index in [4.69, 9.17) is 4.74 Å². The number of aryl methyl sites for hydroxylation is 2. The van der Waals surface area contributed by atoms with Crippen molar-refractivity contribution in [2.75, 3.05) is 12.4 Å². The summed E-state index contributed by atoms with van der Waals surface area (Å²) in [5, 5.41) is 4.45. The van der Waals surface area contributed by atoms with Gasteiger partial charge in [-0.3, -0.25) is 0 Å². The molecule has 1 N–H and O–H groups in total. The van der Waals surface area contributed by atoms with E-state index < -0.39 is 0 Å². The molecule has 2 amide bonds. The predicted molar refractivity (Wildman–Crippen MR) is 141 cm³/mol. The van der Waals surface area contributed by atoms with E-state index in [0.29, 0.717) is 18.0 Å². The molecule has 4 aromatic rings. The molecule has 0 saturated heterocycles. The van der Waals surface area contributed by atoms with Gasteiger partial charge in [0.15, 0.2) is 0 Å². The molecule has 2 aliphatic rings. The number of fused-ring (bicyclic) bond motifs is 5. The van der Waals surface area contributed by atoms with Gasteiger partial charge in [0.05, 0.1) is 31.1 Å². The Balaban J connectivity index is 1.49. The lowest BCUT2D eigenvalue weighted by atomic mass is 9.95. The van der Waals surface area contributed by atoms with E-state index in [1.54, 1.807) is 7.11 Å². The lowest BCUT2D eigenvalue weighted by molar-refractivity contribution is 0.194. The van der Waals surface area contributed by atoms with Crippen LogP contribution in [0.25, 0.3) is 5.00 Å². The van der Waals surface area contributed by atoms with E-state index in [0.717, 1.165) is 29.7 Å². The number of methoxy groups -OCH3 is 1. The summed E-state index contributed by atoms with van der Waals surface area (Å²) in [6.07, 6.45) is 6.84. The highest BCUT2D eigenvalue weighted by atomic mass is 32.1.